The van der Waals surface area contributed by atoms with Crippen LogP contribution < -0.4 is 14.8 Å². The van der Waals surface area contributed by atoms with E-state index in [4.69, 9.17) is 9.47 Å². The van der Waals surface area contributed by atoms with Crippen molar-refractivity contribution in [2.45, 2.75) is 32.6 Å². The minimum atomic E-state index is -0.0698. The highest BCUT2D eigenvalue weighted by Crippen LogP contribution is 2.30. The van der Waals surface area contributed by atoms with E-state index < -0.39 is 0 Å². The lowest BCUT2D eigenvalue weighted by Gasteiger charge is -2.14. The topological polar surface area (TPSA) is 47.6 Å². The summed E-state index contributed by atoms with van der Waals surface area (Å²) < 4.78 is 11.1. The van der Waals surface area contributed by atoms with Crippen molar-refractivity contribution < 1.29 is 14.3 Å². The molecule has 1 amide bonds. The molecule has 0 aliphatic heterocycles. The largest absolute Gasteiger partial charge is 0.494 e. The van der Waals surface area contributed by atoms with E-state index in [0.717, 1.165) is 4.90 Å². The first-order valence-corrected chi connectivity index (χ1v) is 9.41. The van der Waals surface area contributed by atoms with E-state index in [9.17, 15) is 4.79 Å². The lowest BCUT2D eigenvalue weighted by Crippen LogP contribution is -2.15. The van der Waals surface area contributed by atoms with Gasteiger partial charge in [-0.15, -0.1) is 11.8 Å². The van der Waals surface area contributed by atoms with E-state index >= 15 is 0 Å². The van der Waals surface area contributed by atoms with Gasteiger partial charge in [-0.3, -0.25) is 4.79 Å². The molecule has 0 atom stereocenters. The van der Waals surface area contributed by atoms with E-state index in [-0.39, 0.29) is 5.91 Å². The van der Waals surface area contributed by atoms with E-state index in [1.807, 2.05) is 26.0 Å². The summed E-state index contributed by atoms with van der Waals surface area (Å²) in [7, 11) is 0. The molecule has 25 heavy (non-hydrogen) atoms. The zero-order chi connectivity index (χ0) is 18.2. The monoisotopic (exact) mass is 359 g/mol. The summed E-state index contributed by atoms with van der Waals surface area (Å²) >= 11 is 1.53. The molecule has 5 heteroatoms. The van der Waals surface area contributed by atoms with Crippen molar-refractivity contribution in [3.8, 4) is 11.5 Å². The second kappa shape index (κ2) is 9.37. The van der Waals surface area contributed by atoms with Crippen LogP contribution in [0.25, 0.3) is 0 Å². The highest BCUT2D eigenvalue weighted by atomic mass is 32.2. The lowest BCUT2D eigenvalue weighted by molar-refractivity contribution is -0.113. The molecule has 0 radical (unpaired) electrons. The zero-order valence-electron chi connectivity index (χ0n) is 15.2. The Hall–Kier alpha value is -2.14. The minimum Gasteiger partial charge on any atom is -0.494 e. The van der Waals surface area contributed by atoms with Crippen molar-refractivity contribution in [1.82, 2.24) is 0 Å². The Balaban J connectivity index is 2.04. The fourth-order valence-corrected chi connectivity index (χ4v) is 3.25. The van der Waals surface area contributed by atoms with Crippen LogP contribution in [0, 0.1) is 13.8 Å². The average molecular weight is 359 g/mol. The highest BCUT2D eigenvalue weighted by Gasteiger charge is 2.11. The van der Waals surface area contributed by atoms with E-state index in [2.05, 4.69) is 37.4 Å². The maximum absolute atomic E-state index is 12.4. The molecule has 0 saturated carbocycles. The molecule has 0 aromatic heterocycles. The van der Waals surface area contributed by atoms with Crippen molar-refractivity contribution in [3.63, 3.8) is 0 Å². The second-order valence-corrected chi connectivity index (χ2v) is 6.65. The molecule has 134 valence electrons. The molecule has 2 aromatic carbocycles. The van der Waals surface area contributed by atoms with Gasteiger partial charge in [0.2, 0.25) is 5.91 Å². The van der Waals surface area contributed by atoms with Gasteiger partial charge in [0.1, 0.15) is 11.5 Å². The third-order valence-electron chi connectivity index (χ3n) is 3.53. The quantitative estimate of drug-likeness (QED) is 0.686. The molecule has 0 fully saturated rings. The first kappa shape index (κ1) is 19.2. The number of thioether (sulfide) groups is 1. The molecule has 0 saturated heterocycles. The number of aryl methyl sites for hydroxylation is 2. The number of carbonyl (C=O) groups excluding carboxylic acids is 1. The molecule has 2 aromatic rings. The van der Waals surface area contributed by atoms with Crippen molar-refractivity contribution >= 4 is 23.4 Å². The SMILES string of the molecule is CCOc1ccc(OCC)c(NC(=O)CSc2ccc(C)cc2C)c1. The summed E-state index contributed by atoms with van der Waals surface area (Å²) in [5.41, 5.74) is 3.05. The predicted octanol–water partition coefficient (Wildman–Crippen LogP) is 4.83. The van der Waals surface area contributed by atoms with Crippen molar-refractivity contribution in [1.29, 1.82) is 0 Å². The summed E-state index contributed by atoms with van der Waals surface area (Å²) in [6.07, 6.45) is 0. The Labute approximate surface area is 153 Å². The van der Waals surface area contributed by atoms with E-state index in [1.54, 1.807) is 6.07 Å². The van der Waals surface area contributed by atoms with Gasteiger partial charge >= 0.3 is 0 Å². The van der Waals surface area contributed by atoms with Crippen LogP contribution >= 0.6 is 11.8 Å². The molecule has 0 heterocycles. The molecule has 0 aliphatic rings. The Morgan fingerprint density at radius 2 is 1.80 bits per heavy atom. The highest BCUT2D eigenvalue weighted by molar-refractivity contribution is 8.00. The smallest absolute Gasteiger partial charge is 0.234 e. The van der Waals surface area contributed by atoms with Gasteiger partial charge in [-0.25, -0.2) is 0 Å². The number of nitrogens with one attached hydrogen (secondary N) is 1. The fourth-order valence-electron chi connectivity index (χ4n) is 2.44. The van der Waals surface area contributed by atoms with Gasteiger partial charge in [0.25, 0.3) is 0 Å². The van der Waals surface area contributed by atoms with Crippen molar-refractivity contribution in [2.24, 2.45) is 0 Å². The van der Waals surface area contributed by atoms with Gasteiger partial charge in [0, 0.05) is 11.0 Å². The molecule has 4 nitrogen and oxygen atoms in total. The number of rotatable bonds is 8. The van der Waals surface area contributed by atoms with Crippen molar-refractivity contribution in [2.75, 3.05) is 24.3 Å². The van der Waals surface area contributed by atoms with Crippen molar-refractivity contribution in [3.05, 3.63) is 47.5 Å². The predicted molar refractivity (Wildman–Crippen MR) is 104 cm³/mol. The van der Waals surface area contributed by atoms with E-state index in [0.29, 0.717) is 36.2 Å². The summed E-state index contributed by atoms with van der Waals surface area (Å²) in [5.74, 6) is 1.63. The maximum Gasteiger partial charge on any atom is 0.234 e. The Morgan fingerprint density at radius 3 is 2.48 bits per heavy atom. The Morgan fingerprint density at radius 1 is 1.04 bits per heavy atom. The van der Waals surface area contributed by atoms with Gasteiger partial charge in [-0.1, -0.05) is 17.7 Å². The van der Waals surface area contributed by atoms with Gasteiger partial charge < -0.3 is 14.8 Å². The van der Waals surface area contributed by atoms with Crippen LogP contribution in [0.1, 0.15) is 25.0 Å². The average Bonchev–Trinajstić information content (AvgIpc) is 2.57. The number of anilines is 1. The lowest BCUT2D eigenvalue weighted by atomic mass is 10.2. The van der Waals surface area contributed by atoms with Crippen LogP contribution in [0.4, 0.5) is 5.69 Å². The van der Waals surface area contributed by atoms with Gasteiger partial charge in [0.15, 0.2) is 0 Å². The van der Waals surface area contributed by atoms with Gasteiger partial charge in [-0.2, -0.15) is 0 Å². The second-order valence-electron chi connectivity index (χ2n) is 5.63. The van der Waals surface area contributed by atoms with E-state index in [1.165, 1.54) is 22.9 Å². The van der Waals surface area contributed by atoms with Gasteiger partial charge in [-0.05, 0) is 51.5 Å². The molecule has 2 rings (SSSR count). The summed E-state index contributed by atoms with van der Waals surface area (Å²) in [6.45, 7) is 9.08. The third kappa shape index (κ3) is 5.71. The molecule has 0 unspecified atom stereocenters. The minimum absolute atomic E-state index is 0.0698. The van der Waals surface area contributed by atoms with Crippen LogP contribution in [-0.4, -0.2) is 24.9 Å². The first-order valence-electron chi connectivity index (χ1n) is 8.43. The van der Waals surface area contributed by atoms with Crippen LogP contribution in [-0.2, 0) is 4.79 Å². The number of benzene rings is 2. The molecule has 0 bridgehead atoms. The fraction of sp³-hybridized carbons (Fsp3) is 0.350. The van der Waals surface area contributed by atoms with Crippen LogP contribution in [0.5, 0.6) is 11.5 Å². The molecule has 0 aliphatic carbocycles. The molecule has 0 spiro atoms. The number of carbonyl (C=O) groups is 1. The standard InChI is InChI=1S/C20H25NO3S/c1-5-23-16-8-9-18(24-6-2)17(12-16)21-20(22)13-25-19-10-7-14(3)11-15(19)4/h7-12H,5-6,13H2,1-4H3,(H,21,22). The van der Waals surface area contributed by atoms with Crippen LogP contribution in [0.2, 0.25) is 0 Å². The zero-order valence-corrected chi connectivity index (χ0v) is 16.0. The number of hydrogen-bond donors (Lipinski definition) is 1. The van der Waals surface area contributed by atoms with Crippen LogP contribution in [0.3, 0.4) is 0 Å². The third-order valence-corrected chi connectivity index (χ3v) is 4.70. The maximum atomic E-state index is 12.4. The summed E-state index contributed by atoms with van der Waals surface area (Å²) in [5, 5.41) is 2.93. The number of hydrogen-bond acceptors (Lipinski definition) is 4. The molecular weight excluding hydrogens is 334 g/mol. The van der Waals surface area contributed by atoms with Crippen LogP contribution in [0.15, 0.2) is 41.3 Å². The molecular formula is C20H25NO3S. The Kier molecular flexibility index (Phi) is 7.19. The number of amides is 1. The molecule has 1 N–H and O–H groups in total. The van der Waals surface area contributed by atoms with Gasteiger partial charge in [0.05, 0.1) is 24.7 Å². The first-order chi connectivity index (χ1) is 12.0. The number of ether oxygens (including phenoxy) is 2. The Bertz CT molecular complexity index is 731. The summed E-state index contributed by atoms with van der Waals surface area (Å²) in [6, 6.07) is 11.7. The summed E-state index contributed by atoms with van der Waals surface area (Å²) in [4.78, 5) is 13.5. The normalized spacial score (nSPS) is 10.4.